The number of alkyl halides is 5. The number of likely N-dealkylation sites (N-methyl/N-ethyl adjacent to an activating group) is 1. The van der Waals surface area contributed by atoms with Crippen LogP contribution in [0.2, 0.25) is 0 Å². The topological polar surface area (TPSA) is 100 Å². The summed E-state index contributed by atoms with van der Waals surface area (Å²) in [6.45, 7) is 2.20. The van der Waals surface area contributed by atoms with Crippen molar-refractivity contribution in [1.29, 1.82) is 0 Å². The first-order valence-electron chi connectivity index (χ1n) is 11.7. The molecule has 3 aromatic heterocycles. The van der Waals surface area contributed by atoms with Gasteiger partial charge in [-0.05, 0) is 38.6 Å². The predicted molar refractivity (Wildman–Crippen MR) is 127 cm³/mol. The highest BCUT2D eigenvalue weighted by atomic mass is 19.4. The van der Waals surface area contributed by atoms with Gasteiger partial charge in [0.2, 0.25) is 6.41 Å². The number of piperidine rings is 1. The minimum absolute atomic E-state index is 0.201. The number of hydrogen-bond donors (Lipinski definition) is 0. The van der Waals surface area contributed by atoms with E-state index in [4.69, 9.17) is 0 Å². The van der Waals surface area contributed by atoms with Gasteiger partial charge in [-0.3, -0.25) is 24.4 Å². The number of aromatic nitrogens is 5. The maximum absolute atomic E-state index is 13.8. The zero-order valence-electron chi connectivity index (χ0n) is 20.6. The first-order chi connectivity index (χ1) is 18.0. The van der Waals surface area contributed by atoms with Gasteiger partial charge in [-0.15, -0.1) is 0 Å². The molecule has 0 spiro atoms. The molecule has 0 bridgehead atoms. The Bertz CT molecular complexity index is 1310. The molecule has 0 N–H and O–H groups in total. The Hall–Kier alpha value is -3.75. The Morgan fingerprint density at radius 1 is 1.21 bits per heavy atom. The maximum atomic E-state index is 13.8. The molecule has 0 atom stereocenters. The summed E-state index contributed by atoms with van der Waals surface area (Å²) in [6, 6.07) is 1.83. The van der Waals surface area contributed by atoms with E-state index >= 15 is 0 Å². The highest BCUT2D eigenvalue weighted by molar-refractivity contribution is 6.11. The van der Waals surface area contributed by atoms with Crippen molar-refractivity contribution < 1.29 is 31.5 Å². The van der Waals surface area contributed by atoms with Gasteiger partial charge >= 0.3 is 6.18 Å². The van der Waals surface area contributed by atoms with Crippen molar-refractivity contribution >= 4 is 35.0 Å². The van der Waals surface area contributed by atoms with Crippen molar-refractivity contribution in [3.8, 4) is 0 Å². The Labute approximate surface area is 214 Å². The minimum Gasteiger partial charge on any atom is -0.355 e. The van der Waals surface area contributed by atoms with Crippen molar-refractivity contribution in [1.82, 2.24) is 29.6 Å². The van der Waals surface area contributed by atoms with Crippen LogP contribution in [0.25, 0.3) is 11.2 Å². The monoisotopic (exact) mass is 540 g/mol. The summed E-state index contributed by atoms with van der Waals surface area (Å²) in [5.41, 5.74) is -2.09. The molecule has 0 saturated carbocycles. The first kappa shape index (κ1) is 27.3. The van der Waals surface area contributed by atoms with Crippen LogP contribution in [-0.2, 0) is 22.3 Å². The molecule has 10 nitrogen and oxygen atoms in total. The summed E-state index contributed by atoms with van der Waals surface area (Å²) in [7, 11) is 1.71. The number of halogens is 5. The lowest BCUT2D eigenvalue weighted by molar-refractivity contribution is -0.141. The fourth-order valence-corrected chi connectivity index (χ4v) is 4.60. The predicted octanol–water partition coefficient (Wildman–Crippen LogP) is 2.99. The van der Waals surface area contributed by atoms with Crippen LogP contribution in [0.5, 0.6) is 0 Å². The number of fused-ring (bicyclic) bond motifs is 1. The van der Waals surface area contributed by atoms with Crippen LogP contribution in [0.15, 0.2) is 30.7 Å². The second-order valence-electron chi connectivity index (χ2n) is 8.87. The molecule has 0 radical (unpaired) electrons. The Balaban J connectivity index is 1.60. The van der Waals surface area contributed by atoms with Crippen LogP contribution >= 0.6 is 0 Å². The minimum atomic E-state index is -4.75. The van der Waals surface area contributed by atoms with Crippen LogP contribution in [0.3, 0.4) is 0 Å². The average Bonchev–Trinajstić information content (AvgIpc) is 3.29. The largest absolute Gasteiger partial charge is 0.433 e. The third-order valence-electron chi connectivity index (χ3n) is 6.80. The van der Waals surface area contributed by atoms with Gasteiger partial charge in [-0.1, -0.05) is 6.92 Å². The van der Waals surface area contributed by atoms with Crippen molar-refractivity contribution in [2.45, 2.75) is 44.5 Å². The molecule has 0 unspecified atom stereocenters. The molecule has 1 saturated heterocycles. The van der Waals surface area contributed by atoms with Crippen LogP contribution in [0.1, 0.15) is 25.5 Å². The van der Waals surface area contributed by atoms with E-state index in [2.05, 4.69) is 20.1 Å². The van der Waals surface area contributed by atoms with Gasteiger partial charge in [0.05, 0.1) is 18.1 Å². The van der Waals surface area contributed by atoms with Gasteiger partial charge < -0.3 is 4.90 Å². The van der Waals surface area contributed by atoms with Crippen molar-refractivity contribution in [3.05, 3.63) is 36.4 Å². The molecule has 15 heteroatoms. The van der Waals surface area contributed by atoms with E-state index in [1.807, 2.05) is 11.8 Å². The molecule has 1 aliphatic rings. The number of carbonyl (C=O) groups is 2. The van der Waals surface area contributed by atoms with Gasteiger partial charge in [0, 0.05) is 19.3 Å². The van der Waals surface area contributed by atoms with E-state index in [0.717, 1.165) is 10.9 Å². The molecule has 0 aliphatic carbocycles. The second kappa shape index (κ2) is 10.6. The molecule has 204 valence electrons. The molecule has 38 heavy (non-hydrogen) atoms. The van der Waals surface area contributed by atoms with E-state index < -0.39 is 36.3 Å². The highest BCUT2D eigenvalue weighted by Crippen LogP contribution is 2.35. The van der Waals surface area contributed by atoms with Gasteiger partial charge in [-0.2, -0.15) is 18.3 Å². The quantitative estimate of drug-likeness (QED) is 0.318. The number of hydrogen-bond acceptors (Lipinski definition) is 8. The van der Waals surface area contributed by atoms with Gasteiger partial charge in [0.25, 0.3) is 12.3 Å². The number of rotatable bonds is 8. The fraction of sp³-hybridized carbons (Fsp3) is 0.478. The molecule has 1 aliphatic heterocycles. The molecule has 3 aromatic rings. The summed E-state index contributed by atoms with van der Waals surface area (Å²) in [5, 5.41) is 3.91. The second-order valence-corrected chi connectivity index (χ2v) is 8.87. The van der Waals surface area contributed by atoms with Crippen LogP contribution in [0.4, 0.5) is 33.5 Å². The molecular formula is C23H25F5N8O2. The SMILES string of the molecule is CCN(C)C1(C(=O)N(C=O)c2ccnc(C(F)(F)F)c2)CCN(c2cnc3cnn(CC(F)F)c3n2)CC1. The van der Waals surface area contributed by atoms with E-state index in [1.54, 1.807) is 11.9 Å². The highest BCUT2D eigenvalue weighted by Gasteiger charge is 2.47. The van der Waals surface area contributed by atoms with Crippen LogP contribution in [0, 0.1) is 0 Å². The van der Waals surface area contributed by atoms with Crippen molar-refractivity contribution in [2.75, 3.05) is 36.5 Å². The lowest BCUT2D eigenvalue weighted by Gasteiger charge is -2.47. The summed E-state index contributed by atoms with van der Waals surface area (Å²) >= 11 is 0. The van der Waals surface area contributed by atoms with Gasteiger partial charge in [0.1, 0.15) is 29.1 Å². The van der Waals surface area contributed by atoms with Crippen molar-refractivity contribution in [3.63, 3.8) is 0 Å². The molecule has 4 heterocycles. The number of anilines is 2. The standard InChI is InChI=1S/C23H25F5N8O2/c1-3-33(2)22(21(38)35(14-37)15-4-7-29-17(10-15)23(26,27)28)5-8-34(9-6-22)19-12-30-16-11-31-36(13-18(24)25)20(16)32-19/h4,7,10-12,14,18H,3,5-6,8-9,13H2,1-2H3. The molecule has 4 rings (SSSR count). The van der Waals surface area contributed by atoms with Crippen molar-refractivity contribution in [2.24, 2.45) is 0 Å². The lowest BCUT2D eigenvalue weighted by atomic mass is 9.84. The zero-order chi connectivity index (χ0) is 27.7. The Morgan fingerprint density at radius 3 is 2.53 bits per heavy atom. The van der Waals surface area contributed by atoms with E-state index in [9.17, 15) is 31.5 Å². The third kappa shape index (κ3) is 5.14. The molecule has 1 fully saturated rings. The molecular weight excluding hydrogens is 515 g/mol. The van der Waals surface area contributed by atoms with E-state index in [-0.39, 0.29) is 43.7 Å². The Kier molecular flexibility index (Phi) is 7.58. The fourth-order valence-electron chi connectivity index (χ4n) is 4.60. The molecule has 2 amide bonds. The number of carbonyl (C=O) groups excluding carboxylic acids is 2. The third-order valence-corrected chi connectivity index (χ3v) is 6.80. The van der Waals surface area contributed by atoms with Gasteiger partial charge in [-0.25, -0.2) is 23.4 Å². The van der Waals surface area contributed by atoms with E-state index in [0.29, 0.717) is 28.8 Å². The number of amides is 2. The van der Waals surface area contributed by atoms with Gasteiger partial charge in [0.15, 0.2) is 5.65 Å². The summed E-state index contributed by atoms with van der Waals surface area (Å²) in [6.07, 6.45) is -2.99. The molecule has 0 aromatic carbocycles. The van der Waals surface area contributed by atoms with E-state index in [1.165, 1.54) is 18.5 Å². The number of imide groups is 1. The average molecular weight is 540 g/mol. The summed E-state index contributed by atoms with van der Waals surface area (Å²) in [5.74, 6) is -0.253. The summed E-state index contributed by atoms with van der Waals surface area (Å²) in [4.78, 5) is 42.0. The zero-order valence-corrected chi connectivity index (χ0v) is 20.6. The van der Waals surface area contributed by atoms with Crippen LogP contribution in [-0.4, -0.2) is 80.6 Å². The lowest BCUT2D eigenvalue weighted by Crippen LogP contribution is -2.63. The first-order valence-corrected chi connectivity index (χ1v) is 11.7. The van der Waals surface area contributed by atoms with Crippen LogP contribution < -0.4 is 9.80 Å². The number of nitrogens with zero attached hydrogens (tertiary/aromatic N) is 8. The summed E-state index contributed by atoms with van der Waals surface area (Å²) < 4.78 is 66.5. The Morgan fingerprint density at radius 2 is 1.92 bits per heavy atom. The maximum Gasteiger partial charge on any atom is 0.433 e. The number of pyridine rings is 1. The smallest absolute Gasteiger partial charge is 0.355 e. The normalized spacial score (nSPS) is 15.9.